The molecule has 0 heterocycles. The number of benzene rings is 2. The van der Waals surface area contributed by atoms with Crippen molar-refractivity contribution < 1.29 is 14.3 Å². The van der Waals surface area contributed by atoms with Crippen LogP contribution in [-0.4, -0.2) is 17.5 Å². The van der Waals surface area contributed by atoms with Gasteiger partial charge in [0.2, 0.25) is 5.91 Å². The lowest BCUT2D eigenvalue weighted by molar-refractivity contribution is 0.00695. The molecule has 2 aromatic rings. The van der Waals surface area contributed by atoms with E-state index in [-0.39, 0.29) is 5.97 Å². The van der Waals surface area contributed by atoms with Crippen molar-refractivity contribution in [1.29, 1.82) is 0 Å². The molecule has 0 aromatic heterocycles. The number of rotatable bonds is 3. The monoisotopic (exact) mass is 297 g/mol. The predicted octanol–water partition coefficient (Wildman–Crippen LogP) is 3.41. The SMILES string of the molecule is CC(C)(C)OC(=O)c1ccc(-c2ccc(C(N)=O)cc2)cc1. The largest absolute Gasteiger partial charge is 0.456 e. The number of amides is 1. The van der Waals surface area contributed by atoms with Crippen LogP contribution >= 0.6 is 0 Å². The van der Waals surface area contributed by atoms with Crippen LogP contribution in [0.15, 0.2) is 48.5 Å². The molecule has 0 bridgehead atoms. The van der Waals surface area contributed by atoms with E-state index in [0.29, 0.717) is 11.1 Å². The number of carbonyl (C=O) groups excluding carboxylic acids is 2. The van der Waals surface area contributed by atoms with Gasteiger partial charge in [-0.3, -0.25) is 4.79 Å². The summed E-state index contributed by atoms with van der Waals surface area (Å²) in [6.45, 7) is 5.50. The molecule has 0 fully saturated rings. The Bertz CT molecular complexity index is 680. The highest BCUT2D eigenvalue weighted by Crippen LogP contribution is 2.21. The van der Waals surface area contributed by atoms with Gasteiger partial charge in [-0.1, -0.05) is 24.3 Å². The molecule has 0 unspecified atom stereocenters. The van der Waals surface area contributed by atoms with Crippen LogP contribution in [0.25, 0.3) is 11.1 Å². The molecular formula is C18H19NO3. The van der Waals surface area contributed by atoms with Gasteiger partial charge in [0.05, 0.1) is 5.56 Å². The molecule has 2 aromatic carbocycles. The summed E-state index contributed by atoms with van der Waals surface area (Å²) in [5.41, 5.74) is 7.57. The van der Waals surface area contributed by atoms with E-state index < -0.39 is 11.5 Å². The minimum Gasteiger partial charge on any atom is -0.456 e. The second-order valence-electron chi connectivity index (χ2n) is 6.02. The van der Waals surface area contributed by atoms with Crippen molar-refractivity contribution in [1.82, 2.24) is 0 Å². The summed E-state index contributed by atoms with van der Waals surface area (Å²) >= 11 is 0. The van der Waals surface area contributed by atoms with E-state index in [1.54, 1.807) is 24.3 Å². The Labute approximate surface area is 129 Å². The van der Waals surface area contributed by atoms with Gasteiger partial charge >= 0.3 is 5.97 Å². The zero-order valence-corrected chi connectivity index (χ0v) is 12.9. The van der Waals surface area contributed by atoms with E-state index >= 15 is 0 Å². The van der Waals surface area contributed by atoms with E-state index in [1.165, 1.54) is 0 Å². The molecule has 0 saturated carbocycles. The topological polar surface area (TPSA) is 69.4 Å². The van der Waals surface area contributed by atoms with Gasteiger partial charge in [0.1, 0.15) is 5.60 Å². The number of carbonyl (C=O) groups is 2. The first-order valence-corrected chi connectivity index (χ1v) is 7.00. The first kappa shape index (κ1) is 15.8. The smallest absolute Gasteiger partial charge is 0.338 e. The molecule has 4 heteroatoms. The van der Waals surface area contributed by atoms with Crippen LogP contribution in [0.2, 0.25) is 0 Å². The van der Waals surface area contributed by atoms with Crippen molar-refractivity contribution in [3.63, 3.8) is 0 Å². The van der Waals surface area contributed by atoms with Crippen molar-refractivity contribution in [2.45, 2.75) is 26.4 Å². The van der Waals surface area contributed by atoms with Gasteiger partial charge in [0.15, 0.2) is 0 Å². The lowest BCUT2D eigenvalue weighted by Crippen LogP contribution is -2.23. The summed E-state index contributed by atoms with van der Waals surface area (Å²) in [5.74, 6) is -0.796. The molecule has 0 radical (unpaired) electrons. The van der Waals surface area contributed by atoms with Crippen LogP contribution in [0.4, 0.5) is 0 Å². The molecule has 0 spiro atoms. The molecule has 0 aliphatic heterocycles. The zero-order chi connectivity index (χ0) is 16.3. The fourth-order valence-corrected chi connectivity index (χ4v) is 1.96. The minimum absolute atomic E-state index is 0.344. The number of nitrogens with two attached hydrogens (primary N) is 1. The fourth-order valence-electron chi connectivity index (χ4n) is 1.96. The summed E-state index contributed by atoms with van der Waals surface area (Å²) < 4.78 is 5.32. The maximum atomic E-state index is 12.0. The van der Waals surface area contributed by atoms with E-state index in [9.17, 15) is 9.59 Å². The molecule has 0 atom stereocenters. The van der Waals surface area contributed by atoms with Gasteiger partial charge < -0.3 is 10.5 Å². The molecule has 1 amide bonds. The van der Waals surface area contributed by atoms with Gasteiger partial charge in [0.25, 0.3) is 0 Å². The van der Waals surface area contributed by atoms with Crippen LogP contribution in [0.1, 0.15) is 41.5 Å². The number of hydrogen-bond donors (Lipinski definition) is 1. The van der Waals surface area contributed by atoms with Crippen LogP contribution in [0.5, 0.6) is 0 Å². The third-order valence-corrected chi connectivity index (χ3v) is 3.02. The Morgan fingerprint density at radius 1 is 0.818 bits per heavy atom. The Balaban J connectivity index is 2.18. The van der Waals surface area contributed by atoms with Crippen LogP contribution < -0.4 is 5.73 Å². The van der Waals surface area contributed by atoms with E-state index in [1.807, 2.05) is 45.0 Å². The third-order valence-electron chi connectivity index (χ3n) is 3.02. The average Bonchev–Trinajstić information content (AvgIpc) is 2.46. The lowest BCUT2D eigenvalue weighted by Gasteiger charge is -2.19. The van der Waals surface area contributed by atoms with Gasteiger partial charge in [0, 0.05) is 5.56 Å². The molecule has 0 aliphatic rings. The summed E-state index contributed by atoms with van der Waals surface area (Å²) in [6.07, 6.45) is 0. The summed E-state index contributed by atoms with van der Waals surface area (Å²) in [6, 6.07) is 14.2. The molecule has 0 saturated heterocycles. The second kappa shape index (κ2) is 6.02. The van der Waals surface area contributed by atoms with E-state index in [0.717, 1.165) is 11.1 Å². The Morgan fingerprint density at radius 2 is 1.23 bits per heavy atom. The highest BCUT2D eigenvalue weighted by atomic mass is 16.6. The van der Waals surface area contributed by atoms with E-state index in [2.05, 4.69) is 0 Å². The van der Waals surface area contributed by atoms with Crippen molar-refractivity contribution in [3.8, 4) is 11.1 Å². The maximum absolute atomic E-state index is 12.0. The van der Waals surface area contributed by atoms with Crippen LogP contribution in [0, 0.1) is 0 Å². The number of hydrogen-bond acceptors (Lipinski definition) is 3. The standard InChI is InChI=1S/C18H19NO3/c1-18(2,3)22-17(21)15-10-6-13(7-11-15)12-4-8-14(9-5-12)16(19)20/h4-11H,1-3H3,(H2,19,20). The van der Waals surface area contributed by atoms with Gasteiger partial charge in [-0.25, -0.2) is 4.79 Å². The summed E-state index contributed by atoms with van der Waals surface area (Å²) in [5, 5.41) is 0. The Hall–Kier alpha value is -2.62. The van der Waals surface area contributed by atoms with Gasteiger partial charge in [-0.15, -0.1) is 0 Å². The zero-order valence-electron chi connectivity index (χ0n) is 12.9. The quantitative estimate of drug-likeness (QED) is 0.883. The highest BCUT2D eigenvalue weighted by Gasteiger charge is 2.17. The Kier molecular flexibility index (Phi) is 4.31. The van der Waals surface area contributed by atoms with Crippen molar-refractivity contribution >= 4 is 11.9 Å². The lowest BCUT2D eigenvalue weighted by atomic mass is 10.0. The number of ether oxygens (including phenoxy) is 1. The molecule has 4 nitrogen and oxygen atoms in total. The molecule has 22 heavy (non-hydrogen) atoms. The minimum atomic E-state index is -0.514. The van der Waals surface area contributed by atoms with Crippen LogP contribution in [0.3, 0.4) is 0 Å². The Morgan fingerprint density at radius 3 is 1.59 bits per heavy atom. The number of primary amides is 1. The highest BCUT2D eigenvalue weighted by molar-refractivity contribution is 5.93. The second-order valence-corrected chi connectivity index (χ2v) is 6.02. The molecular weight excluding hydrogens is 278 g/mol. The molecule has 114 valence electrons. The van der Waals surface area contributed by atoms with Crippen molar-refractivity contribution in [2.24, 2.45) is 5.73 Å². The van der Waals surface area contributed by atoms with Crippen molar-refractivity contribution in [3.05, 3.63) is 59.7 Å². The third kappa shape index (κ3) is 3.95. The first-order valence-electron chi connectivity index (χ1n) is 7.00. The van der Waals surface area contributed by atoms with E-state index in [4.69, 9.17) is 10.5 Å². The maximum Gasteiger partial charge on any atom is 0.338 e. The van der Waals surface area contributed by atoms with Gasteiger partial charge in [-0.05, 0) is 56.2 Å². The van der Waals surface area contributed by atoms with Crippen molar-refractivity contribution in [2.75, 3.05) is 0 Å². The summed E-state index contributed by atoms with van der Waals surface area (Å²) in [7, 11) is 0. The summed E-state index contributed by atoms with van der Waals surface area (Å²) in [4.78, 5) is 23.0. The normalized spacial score (nSPS) is 11.0. The first-order chi connectivity index (χ1) is 10.3. The van der Waals surface area contributed by atoms with Crippen LogP contribution in [-0.2, 0) is 4.74 Å². The molecule has 2 N–H and O–H groups in total. The number of esters is 1. The van der Waals surface area contributed by atoms with Gasteiger partial charge in [-0.2, -0.15) is 0 Å². The molecule has 2 rings (SSSR count). The average molecular weight is 297 g/mol. The predicted molar refractivity (Wildman–Crippen MR) is 85.6 cm³/mol. The molecule has 0 aliphatic carbocycles. The fraction of sp³-hybridized carbons (Fsp3) is 0.222.